The molecule has 136 valence electrons. The van der Waals surface area contributed by atoms with E-state index in [0.717, 1.165) is 29.5 Å². The molecule has 2 aliphatic heterocycles. The standard InChI is InChI=1S/C21H29BrN2O/c1-7-20(4,5)21-10-11-23(6)19(21)24(25)18-13-17(22)15(12-16(18)21)9-8-14(2)3/h7-8,12-13,19,25H,1,9-11H2,2-6H3/p+1. The zero-order valence-corrected chi connectivity index (χ0v) is 17.6. The molecule has 1 saturated heterocycles. The summed E-state index contributed by atoms with van der Waals surface area (Å²) in [5, 5.41) is 11.6. The molecule has 1 aromatic rings. The molecule has 3 rings (SSSR count). The number of fused-ring (bicyclic) bond motifs is 3. The molecular formula is C21H30BrN2O+. The van der Waals surface area contributed by atoms with Gasteiger partial charge in [0.15, 0.2) is 11.9 Å². The molecule has 1 fully saturated rings. The van der Waals surface area contributed by atoms with Gasteiger partial charge in [-0.25, -0.2) is 5.21 Å². The number of likely N-dealkylation sites (tertiary alicyclic amines) is 1. The lowest BCUT2D eigenvalue weighted by atomic mass is 9.60. The summed E-state index contributed by atoms with van der Waals surface area (Å²) in [4.78, 5) is 2.30. The Morgan fingerprint density at radius 3 is 2.76 bits per heavy atom. The van der Waals surface area contributed by atoms with Crippen LogP contribution in [-0.2, 0) is 11.8 Å². The fourth-order valence-corrected chi connectivity index (χ4v) is 5.24. The molecule has 3 atom stereocenters. The number of hydroxylamine groups is 1. The van der Waals surface area contributed by atoms with E-state index in [-0.39, 0.29) is 17.0 Å². The molecule has 2 aliphatic rings. The predicted molar refractivity (Wildman–Crippen MR) is 106 cm³/mol. The summed E-state index contributed by atoms with van der Waals surface area (Å²) in [6.07, 6.45) is 6.30. The first-order valence-corrected chi connectivity index (χ1v) is 9.81. The number of hydrogen-bond acceptors (Lipinski definition) is 2. The molecule has 0 aromatic heterocycles. The Balaban J connectivity index is 2.22. The minimum Gasteiger partial charge on any atom is -0.254 e. The van der Waals surface area contributed by atoms with Crippen molar-refractivity contribution < 1.29 is 10.3 Å². The van der Waals surface area contributed by atoms with E-state index in [1.54, 1.807) is 0 Å². The van der Waals surface area contributed by atoms with Gasteiger partial charge in [0.05, 0.1) is 5.41 Å². The third kappa shape index (κ3) is 2.66. The van der Waals surface area contributed by atoms with E-state index in [1.165, 1.54) is 16.7 Å². The Kier molecular flexibility index (Phi) is 4.78. The predicted octanol–water partition coefficient (Wildman–Crippen LogP) is 3.99. The van der Waals surface area contributed by atoms with E-state index in [0.29, 0.717) is 5.06 Å². The van der Waals surface area contributed by atoms with Crippen LogP contribution in [0.3, 0.4) is 0 Å². The highest BCUT2D eigenvalue weighted by atomic mass is 79.9. The number of nitrogens with one attached hydrogen (secondary N) is 1. The van der Waals surface area contributed by atoms with Crippen molar-refractivity contribution in [2.45, 2.75) is 52.1 Å². The van der Waals surface area contributed by atoms with E-state index in [2.05, 4.69) is 86.4 Å². The van der Waals surface area contributed by atoms with Crippen LogP contribution in [0.2, 0.25) is 0 Å². The van der Waals surface area contributed by atoms with Crippen molar-refractivity contribution in [1.29, 1.82) is 0 Å². The Hall–Kier alpha value is -0.940. The van der Waals surface area contributed by atoms with E-state index in [4.69, 9.17) is 0 Å². The topological polar surface area (TPSA) is 27.9 Å². The molecule has 0 spiro atoms. The van der Waals surface area contributed by atoms with Gasteiger partial charge in [0, 0.05) is 22.6 Å². The monoisotopic (exact) mass is 405 g/mol. The van der Waals surface area contributed by atoms with Gasteiger partial charge in [0.2, 0.25) is 0 Å². The molecule has 1 aromatic carbocycles. The first-order chi connectivity index (χ1) is 11.7. The van der Waals surface area contributed by atoms with Gasteiger partial charge in [-0.2, -0.15) is 0 Å². The SMILES string of the molecule is C=CC(C)(C)C12CCN(C)C1[NH+](O)c1cc(Br)c(CC=C(C)C)cc12. The van der Waals surface area contributed by atoms with Crippen LogP contribution in [0.4, 0.5) is 5.69 Å². The van der Waals surface area contributed by atoms with Crippen LogP contribution < -0.4 is 5.06 Å². The van der Waals surface area contributed by atoms with Crippen LogP contribution in [0.1, 0.15) is 45.2 Å². The molecule has 0 aliphatic carbocycles. The molecule has 3 nitrogen and oxygen atoms in total. The Bertz CT molecular complexity index is 736. The van der Waals surface area contributed by atoms with Crippen molar-refractivity contribution in [3.63, 3.8) is 0 Å². The molecule has 0 radical (unpaired) electrons. The largest absolute Gasteiger partial charge is 0.254 e. The summed E-state index contributed by atoms with van der Waals surface area (Å²) in [6, 6.07) is 4.44. The lowest BCUT2D eigenvalue weighted by molar-refractivity contribution is -1.06. The van der Waals surface area contributed by atoms with Gasteiger partial charge in [-0.15, -0.1) is 11.6 Å². The van der Waals surface area contributed by atoms with Crippen LogP contribution >= 0.6 is 15.9 Å². The maximum atomic E-state index is 11.1. The summed E-state index contributed by atoms with van der Waals surface area (Å²) >= 11 is 3.72. The molecule has 2 heterocycles. The van der Waals surface area contributed by atoms with Crippen LogP contribution in [0.25, 0.3) is 0 Å². The van der Waals surface area contributed by atoms with Crippen LogP contribution in [0.5, 0.6) is 0 Å². The van der Waals surface area contributed by atoms with Gasteiger partial charge in [0.25, 0.3) is 0 Å². The lowest BCUT2D eigenvalue weighted by Crippen LogP contribution is -3.10. The van der Waals surface area contributed by atoms with Crippen molar-refractivity contribution in [2.75, 3.05) is 13.6 Å². The highest BCUT2D eigenvalue weighted by Crippen LogP contribution is 2.56. The van der Waals surface area contributed by atoms with Gasteiger partial charge >= 0.3 is 0 Å². The minimum atomic E-state index is -0.122. The van der Waals surface area contributed by atoms with Crippen molar-refractivity contribution in [3.05, 3.63) is 52.0 Å². The fraction of sp³-hybridized carbons (Fsp3) is 0.524. The smallest absolute Gasteiger partial charge is 0.189 e. The van der Waals surface area contributed by atoms with Crippen molar-refractivity contribution in [1.82, 2.24) is 4.90 Å². The number of rotatable bonds is 4. The summed E-state index contributed by atoms with van der Waals surface area (Å²) in [5.74, 6) is 0. The maximum absolute atomic E-state index is 11.1. The molecule has 25 heavy (non-hydrogen) atoms. The summed E-state index contributed by atoms with van der Waals surface area (Å²) in [7, 11) is 2.12. The zero-order chi connectivity index (χ0) is 18.6. The Morgan fingerprint density at radius 1 is 1.48 bits per heavy atom. The first-order valence-electron chi connectivity index (χ1n) is 9.02. The summed E-state index contributed by atoms with van der Waals surface area (Å²) < 4.78 is 1.07. The number of likely N-dealkylation sites (N-methyl/N-ethyl adjacent to an activating group) is 1. The molecule has 3 unspecified atom stereocenters. The second-order valence-electron chi connectivity index (χ2n) is 8.39. The van der Waals surface area contributed by atoms with Crippen molar-refractivity contribution >= 4 is 21.6 Å². The minimum absolute atomic E-state index is 0.0288. The third-order valence-electron chi connectivity index (χ3n) is 6.36. The summed E-state index contributed by atoms with van der Waals surface area (Å²) in [5.41, 5.74) is 4.65. The van der Waals surface area contributed by atoms with Gasteiger partial charge in [-0.3, -0.25) is 4.90 Å². The van der Waals surface area contributed by atoms with Crippen LogP contribution in [0, 0.1) is 5.41 Å². The zero-order valence-electron chi connectivity index (χ0n) is 16.0. The van der Waals surface area contributed by atoms with Crippen molar-refractivity contribution in [2.24, 2.45) is 5.41 Å². The average Bonchev–Trinajstić information content (AvgIpc) is 3.02. The number of nitrogens with zero attached hydrogens (tertiary/aromatic N) is 1. The highest BCUT2D eigenvalue weighted by molar-refractivity contribution is 9.10. The quantitative estimate of drug-likeness (QED) is 0.741. The Labute approximate surface area is 160 Å². The summed E-state index contributed by atoms with van der Waals surface area (Å²) in [6.45, 7) is 13.9. The van der Waals surface area contributed by atoms with Gasteiger partial charge in [-0.1, -0.05) is 47.5 Å². The number of hydrogen-bond donors (Lipinski definition) is 2. The van der Waals surface area contributed by atoms with Crippen molar-refractivity contribution in [3.8, 4) is 0 Å². The Morgan fingerprint density at radius 2 is 2.16 bits per heavy atom. The second-order valence-corrected chi connectivity index (χ2v) is 9.24. The second kappa shape index (κ2) is 6.34. The number of allylic oxidation sites excluding steroid dienone is 3. The normalized spacial score (nSPS) is 28.6. The van der Waals surface area contributed by atoms with Gasteiger partial charge < -0.3 is 0 Å². The van der Waals surface area contributed by atoms with Crippen LogP contribution in [-0.4, -0.2) is 29.9 Å². The van der Waals surface area contributed by atoms with Gasteiger partial charge in [0.1, 0.15) is 0 Å². The van der Waals surface area contributed by atoms with E-state index >= 15 is 0 Å². The third-order valence-corrected chi connectivity index (χ3v) is 7.10. The van der Waals surface area contributed by atoms with E-state index in [9.17, 15) is 5.21 Å². The number of halogens is 1. The first kappa shape index (κ1) is 18.8. The van der Waals surface area contributed by atoms with E-state index in [1.807, 2.05) is 0 Å². The average molecular weight is 406 g/mol. The molecule has 2 N–H and O–H groups in total. The number of benzene rings is 1. The fourth-order valence-electron chi connectivity index (χ4n) is 4.74. The number of quaternary nitrogens is 1. The molecule has 0 saturated carbocycles. The van der Waals surface area contributed by atoms with Crippen LogP contribution in [0.15, 0.2) is 40.9 Å². The molecular weight excluding hydrogens is 376 g/mol. The van der Waals surface area contributed by atoms with E-state index < -0.39 is 0 Å². The molecule has 0 amide bonds. The lowest BCUT2D eigenvalue weighted by Gasteiger charge is -2.41. The molecule has 4 heteroatoms. The molecule has 0 bridgehead atoms. The highest BCUT2D eigenvalue weighted by Gasteiger charge is 2.66. The van der Waals surface area contributed by atoms with Gasteiger partial charge in [-0.05, 0) is 50.8 Å². The maximum Gasteiger partial charge on any atom is 0.189 e.